The maximum Gasteiger partial charge on any atom is 0.238 e. The third-order valence-corrected chi connectivity index (χ3v) is 2.92. The van der Waals surface area contributed by atoms with Crippen molar-refractivity contribution in [2.24, 2.45) is 5.14 Å². The van der Waals surface area contributed by atoms with Gasteiger partial charge >= 0.3 is 0 Å². The summed E-state index contributed by atoms with van der Waals surface area (Å²) in [5.41, 5.74) is 0.232. The zero-order valence-electron chi connectivity index (χ0n) is 9.33. The summed E-state index contributed by atoms with van der Waals surface area (Å²) in [5.74, 6) is 4.89. The zero-order valence-corrected chi connectivity index (χ0v) is 10.1. The fourth-order valence-electron chi connectivity index (χ4n) is 1.20. The summed E-state index contributed by atoms with van der Waals surface area (Å²) in [6.45, 7) is 2.22. The van der Waals surface area contributed by atoms with Crippen LogP contribution in [0, 0.1) is 17.7 Å². The van der Waals surface area contributed by atoms with Gasteiger partial charge in [0.2, 0.25) is 10.0 Å². The topological polar surface area (TPSA) is 72.2 Å². The van der Waals surface area contributed by atoms with Gasteiger partial charge in [-0.1, -0.05) is 0 Å². The first-order chi connectivity index (χ1) is 7.95. The molecule has 0 spiro atoms. The van der Waals surface area contributed by atoms with Gasteiger partial charge in [0.1, 0.15) is 5.82 Å². The lowest BCUT2D eigenvalue weighted by molar-refractivity contribution is 0.593. The van der Waals surface area contributed by atoms with Crippen LogP contribution in [0.5, 0.6) is 0 Å². The lowest BCUT2D eigenvalue weighted by Gasteiger charge is -2.06. The van der Waals surface area contributed by atoms with Gasteiger partial charge in [-0.3, -0.25) is 0 Å². The molecule has 1 rings (SSSR count). The first kappa shape index (κ1) is 13.5. The van der Waals surface area contributed by atoms with Crippen molar-refractivity contribution in [3.63, 3.8) is 0 Å². The number of rotatable bonds is 4. The molecule has 3 N–H and O–H groups in total. The van der Waals surface area contributed by atoms with E-state index >= 15 is 0 Å². The molecule has 0 aliphatic rings. The van der Waals surface area contributed by atoms with Gasteiger partial charge in [-0.2, -0.15) is 0 Å². The summed E-state index contributed by atoms with van der Waals surface area (Å²) < 4.78 is 35.4. The molecule has 0 radical (unpaired) electrons. The second-order valence-corrected chi connectivity index (χ2v) is 4.85. The third kappa shape index (κ3) is 4.06. The highest BCUT2D eigenvalue weighted by atomic mass is 32.2. The van der Waals surface area contributed by atoms with Crippen LogP contribution < -0.4 is 10.5 Å². The highest BCUT2D eigenvalue weighted by Gasteiger charge is 2.10. The maximum absolute atomic E-state index is 13.5. The standard InChI is InChI=1S/C11H13FN2O2S/c1-2-3-4-7-14-11-6-5-9(8-10(11)12)17(13,15)16/h5-6,8,14H,4,7H2,1H3,(H2,13,15,16). The van der Waals surface area contributed by atoms with E-state index in [1.165, 1.54) is 12.1 Å². The Morgan fingerprint density at radius 3 is 2.71 bits per heavy atom. The molecule has 0 aromatic heterocycles. The van der Waals surface area contributed by atoms with E-state index in [1.54, 1.807) is 6.92 Å². The van der Waals surface area contributed by atoms with E-state index in [1.807, 2.05) is 0 Å². The van der Waals surface area contributed by atoms with Gasteiger partial charge in [0.15, 0.2) is 0 Å². The van der Waals surface area contributed by atoms with Gasteiger partial charge in [0, 0.05) is 13.0 Å². The number of hydrogen-bond donors (Lipinski definition) is 2. The Hall–Kier alpha value is -1.58. The predicted molar refractivity (Wildman–Crippen MR) is 64.3 cm³/mol. The Morgan fingerprint density at radius 2 is 2.18 bits per heavy atom. The fraction of sp³-hybridized carbons (Fsp3) is 0.273. The van der Waals surface area contributed by atoms with Crippen molar-refractivity contribution in [1.29, 1.82) is 0 Å². The van der Waals surface area contributed by atoms with E-state index in [9.17, 15) is 12.8 Å². The van der Waals surface area contributed by atoms with E-state index < -0.39 is 15.8 Å². The molecule has 0 amide bonds. The molecule has 4 nitrogen and oxygen atoms in total. The van der Waals surface area contributed by atoms with Crippen molar-refractivity contribution in [2.45, 2.75) is 18.2 Å². The Morgan fingerprint density at radius 1 is 1.47 bits per heavy atom. The van der Waals surface area contributed by atoms with Crippen molar-refractivity contribution in [3.8, 4) is 11.8 Å². The average molecular weight is 256 g/mol. The molecule has 0 atom stereocenters. The van der Waals surface area contributed by atoms with Gasteiger partial charge in [0.25, 0.3) is 0 Å². The second-order valence-electron chi connectivity index (χ2n) is 3.29. The SMILES string of the molecule is CC#CCCNc1ccc(S(N)(=O)=O)cc1F. The Balaban J connectivity index is 2.79. The minimum Gasteiger partial charge on any atom is -0.382 e. The molecule has 0 heterocycles. The molecular formula is C11H13FN2O2S. The molecule has 0 aliphatic heterocycles. The molecule has 0 bridgehead atoms. The minimum absolute atomic E-state index is 0.232. The van der Waals surface area contributed by atoms with Crippen molar-refractivity contribution in [3.05, 3.63) is 24.0 Å². The summed E-state index contributed by atoms with van der Waals surface area (Å²) in [6, 6.07) is 3.49. The van der Waals surface area contributed by atoms with Crippen LogP contribution in [0.1, 0.15) is 13.3 Å². The quantitative estimate of drug-likeness (QED) is 0.630. The van der Waals surface area contributed by atoms with Crippen molar-refractivity contribution in [1.82, 2.24) is 0 Å². The van der Waals surface area contributed by atoms with Crippen LogP contribution in [-0.4, -0.2) is 15.0 Å². The van der Waals surface area contributed by atoms with E-state index in [-0.39, 0.29) is 10.6 Å². The molecule has 17 heavy (non-hydrogen) atoms. The van der Waals surface area contributed by atoms with Crippen LogP contribution in [0.2, 0.25) is 0 Å². The summed E-state index contributed by atoms with van der Waals surface area (Å²) in [5, 5.41) is 7.70. The van der Waals surface area contributed by atoms with Crippen LogP contribution in [0.3, 0.4) is 0 Å². The summed E-state index contributed by atoms with van der Waals surface area (Å²) in [4.78, 5) is -0.242. The molecule has 0 aliphatic carbocycles. The van der Waals surface area contributed by atoms with Crippen molar-refractivity contribution < 1.29 is 12.8 Å². The number of halogens is 1. The maximum atomic E-state index is 13.5. The van der Waals surface area contributed by atoms with Crippen molar-refractivity contribution >= 4 is 15.7 Å². The smallest absolute Gasteiger partial charge is 0.238 e. The predicted octanol–water partition coefficient (Wildman–Crippen LogP) is 1.30. The van der Waals surface area contributed by atoms with E-state index in [2.05, 4.69) is 17.2 Å². The fourth-order valence-corrected chi connectivity index (χ4v) is 1.73. The molecule has 0 saturated heterocycles. The number of nitrogens with two attached hydrogens (primary N) is 1. The van der Waals surface area contributed by atoms with Gasteiger partial charge in [-0.15, -0.1) is 11.8 Å². The highest BCUT2D eigenvalue weighted by Crippen LogP contribution is 2.17. The van der Waals surface area contributed by atoms with Gasteiger partial charge in [0.05, 0.1) is 10.6 Å². The number of benzene rings is 1. The first-order valence-electron chi connectivity index (χ1n) is 4.91. The Bertz CT molecular complexity index is 559. The van der Waals surface area contributed by atoms with Gasteiger partial charge < -0.3 is 5.32 Å². The van der Waals surface area contributed by atoms with Crippen LogP contribution in [0.15, 0.2) is 23.1 Å². The number of anilines is 1. The normalized spacial score (nSPS) is 10.5. The summed E-state index contributed by atoms with van der Waals surface area (Å²) >= 11 is 0. The second kappa shape index (κ2) is 5.66. The van der Waals surface area contributed by atoms with Crippen LogP contribution in [-0.2, 0) is 10.0 Å². The molecule has 1 aromatic rings. The van der Waals surface area contributed by atoms with Crippen LogP contribution in [0.25, 0.3) is 0 Å². The van der Waals surface area contributed by atoms with Crippen molar-refractivity contribution in [2.75, 3.05) is 11.9 Å². The lowest BCUT2D eigenvalue weighted by Crippen LogP contribution is -2.13. The van der Waals surface area contributed by atoms with E-state index in [4.69, 9.17) is 5.14 Å². The molecule has 0 fully saturated rings. The zero-order chi connectivity index (χ0) is 12.9. The first-order valence-corrected chi connectivity index (χ1v) is 6.45. The minimum atomic E-state index is -3.86. The van der Waals surface area contributed by atoms with Gasteiger partial charge in [-0.05, 0) is 25.1 Å². The number of nitrogens with one attached hydrogen (secondary N) is 1. The van der Waals surface area contributed by atoms with E-state index in [0.717, 1.165) is 6.07 Å². The average Bonchev–Trinajstić information content (AvgIpc) is 2.24. The molecular weight excluding hydrogens is 243 g/mol. The Kier molecular flexibility index (Phi) is 4.49. The monoisotopic (exact) mass is 256 g/mol. The number of hydrogen-bond acceptors (Lipinski definition) is 3. The lowest BCUT2D eigenvalue weighted by atomic mass is 10.3. The van der Waals surface area contributed by atoms with E-state index in [0.29, 0.717) is 13.0 Å². The highest BCUT2D eigenvalue weighted by molar-refractivity contribution is 7.89. The summed E-state index contributed by atoms with van der Waals surface area (Å²) in [7, 11) is -3.86. The molecule has 1 aromatic carbocycles. The largest absolute Gasteiger partial charge is 0.382 e. The Labute approximate surface area is 100 Å². The molecule has 92 valence electrons. The number of primary sulfonamides is 1. The van der Waals surface area contributed by atoms with Crippen LogP contribution in [0.4, 0.5) is 10.1 Å². The number of sulfonamides is 1. The summed E-state index contributed by atoms with van der Waals surface area (Å²) in [6.07, 6.45) is 0.590. The molecule has 0 saturated carbocycles. The molecule has 0 unspecified atom stereocenters. The van der Waals surface area contributed by atoms with Crippen LogP contribution >= 0.6 is 0 Å². The molecule has 6 heteroatoms. The van der Waals surface area contributed by atoms with Gasteiger partial charge in [-0.25, -0.2) is 17.9 Å². The third-order valence-electron chi connectivity index (χ3n) is 2.01.